The van der Waals surface area contributed by atoms with Gasteiger partial charge >= 0.3 is 0 Å². The van der Waals surface area contributed by atoms with Gasteiger partial charge in [-0.15, -0.1) is 24.8 Å². The number of halogens is 2. The van der Waals surface area contributed by atoms with Crippen LogP contribution in [-0.4, -0.2) is 61.0 Å². The van der Waals surface area contributed by atoms with Gasteiger partial charge in [0.2, 0.25) is 5.91 Å². The smallest absolute Gasteiger partial charge is 0.239 e. The fourth-order valence-electron chi connectivity index (χ4n) is 2.97. The Hall–Kier alpha value is -0.0300. The number of nitrogens with zero attached hydrogens (tertiary/aromatic N) is 2. The summed E-state index contributed by atoms with van der Waals surface area (Å²) in [6.45, 7) is 12.9. The molecule has 4 nitrogen and oxygen atoms in total. The van der Waals surface area contributed by atoms with Gasteiger partial charge in [-0.25, -0.2) is 0 Å². The Labute approximate surface area is 148 Å². The van der Waals surface area contributed by atoms with Crippen LogP contribution in [-0.2, 0) is 4.79 Å². The summed E-state index contributed by atoms with van der Waals surface area (Å²) in [5, 5.41) is 3.37. The van der Waals surface area contributed by atoms with Crippen molar-refractivity contribution in [2.75, 3.05) is 39.3 Å². The number of piperazine rings is 1. The average Bonchev–Trinajstić information content (AvgIpc) is 2.45. The predicted octanol–water partition coefficient (Wildman–Crippen LogP) is 2.55. The number of rotatable bonds is 3. The van der Waals surface area contributed by atoms with Crippen molar-refractivity contribution in [1.29, 1.82) is 0 Å². The van der Waals surface area contributed by atoms with E-state index in [4.69, 9.17) is 0 Å². The van der Waals surface area contributed by atoms with E-state index in [1.807, 2.05) is 0 Å². The van der Waals surface area contributed by atoms with Crippen molar-refractivity contribution in [3.05, 3.63) is 0 Å². The number of hydrogen-bond acceptors (Lipinski definition) is 3. The molecule has 1 atom stereocenters. The molecular formula is C16H33Cl2N3O. The molecule has 6 heteroatoms. The minimum absolute atomic E-state index is 0. The van der Waals surface area contributed by atoms with Gasteiger partial charge in [-0.1, -0.05) is 27.2 Å². The van der Waals surface area contributed by atoms with Crippen LogP contribution in [0, 0.1) is 5.41 Å². The predicted molar refractivity (Wildman–Crippen MR) is 97.2 cm³/mol. The Morgan fingerprint density at radius 1 is 1.09 bits per heavy atom. The van der Waals surface area contributed by atoms with Gasteiger partial charge in [0.25, 0.3) is 0 Å². The molecule has 22 heavy (non-hydrogen) atoms. The highest BCUT2D eigenvalue weighted by Crippen LogP contribution is 2.19. The second kappa shape index (κ2) is 9.96. The number of carbonyl (C=O) groups is 1. The van der Waals surface area contributed by atoms with Crippen LogP contribution in [0.4, 0.5) is 0 Å². The van der Waals surface area contributed by atoms with Gasteiger partial charge < -0.3 is 10.2 Å². The van der Waals surface area contributed by atoms with Gasteiger partial charge in [0.05, 0.1) is 6.04 Å². The quantitative estimate of drug-likeness (QED) is 0.846. The lowest BCUT2D eigenvalue weighted by Gasteiger charge is -2.38. The Morgan fingerprint density at radius 3 is 2.23 bits per heavy atom. The number of nitrogens with one attached hydrogen (secondary N) is 1. The molecule has 0 spiro atoms. The first kappa shape index (κ1) is 22.0. The number of amides is 1. The van der Waals surface area contributed by atoms with Gasteiger partial charge in [0.15, 0.2) is 0 Å². The van der Waals surface area contributed by atoms with Crippen LogP contribution in [0.3, 0.4) is 0 Å². The van der Waals surface area contributed by atoms with Crippen LogP contribution in [0.2, 0.25) is 0 Å². The summed E-state index contributed by atoms with van der Waals surface area (Å²) in [6, 6.07) is 0.0878. The molecule has 0 bridgehead atoms. The molecule has 2 aliphatic rings. The molecule has 2 rings (SSSR count). The van der Waals surface area contributed by atoms with Crippen LogP contribution in [0.15, 0.2) is 0 Å². The Balaban J connectivity index is 0.00000220. The Bertz CT molecular complexity index is 320. The SMILES string of the molecule is CC(C)(C)CCN1CCN(C(=O)C2CCCCN2)CC1.Cl.Cl. The van der Waals surface area contributed by atoms with Gasteiger partial charge in [-0.05, 0) is 37.8 Å². The molecule has 1 N–H and O–H groups in total. The van der Waals surface area contributed by atoms with E-state index in [1.165, 1.54) is 19.3 Å². The fraction of sp³-hybridized carbons (Fsp3) is 0.938. The normalized spacial score (nSPS) is 23.4. The number of hydrogen-bond donors (Lipinski definition) is 1. The molecule has 2 heterocycles. The fourth-order valence-corrected chi connectivity index (χ4v) is 2.97. The van der Waals surface area contributed by atoms with Gasteiger partial charge in [-0.2, -0.15) is 0 Å². The van der Waals surface area contributed by atoms with Crippen LogP contribution in [0.1, 0.15) is 46.5 Å². The Kier molecular flexibility index (Phi) is 9.95. The second-order valence-corrected chi connectivity index (χ2v) is 7.48. The molecule has 0 aromatic rings. The molecule has 2 saturated heterocycles. The summed E-state index contributed by atoms with van der Waals surface area (Å²) in [6.07, 6.45) is 4.65. The first-order valence-corrected chi connectivity index (χ1v) is 8.20. The van der Waals surface area contributed by atoms with Gasteiger partial charge in [-0.3, -0.25) is 9.69 Å². The summed E-state index contributed by atoms with van der Waals surface area (Å²) in [4.78, 5) is 17.0. The van der Waals surface area contributed by atoms with E-state index in [-0.39, 0.29) is 30.9 Å². The minimum Gasteiger partial charge on any atom is -0.339 e. The Morgan fingerprint density at radius 2 is 1.73 bits per heavy atom. The zero-order valence-corrected chi connectivity index (χ0v) is 15.9. The lowest BCUT2D eigenvalue weighted by molar-refractivity contribution is -0.135. The standard InChI is InChI=1S/C16H31N3O.2ClH/c1-16(2,3)7-9-18-10-12-19(13-11-18)15(20)14-6-4-5-8-17-14;;/h14,17H,4-13H2,1-3H3;2*1H. The van der Waals surface area contributed by atoms with E-state index >= 15 is 0 Å². The van der Waals surface area contributed by atoms with Crippen LogP contribution in [0.5, 0.6) is 0 Å². The summed E-state index contributed by atoms with van der Waals surface area (Å²) in [7, 11) is 0. The molecule has 2 aliphatic heterocycles. The monoisotopic (exact) mass is 353 g/mol. The topological polar surface area (TPSA) is 35.6 Å². The van der Waals surface area contributed by atoms with Crippen molar-refractivity contribution in [2.45, 2.75) is 52.5 Å². The first-order valence-electron chi connectivity index (χ1n) is 8.20. The highest BCUT2D eigenvalue weighted by molar-refractivity contribution is 5.85. The molecule has 2 fully saturated rings. The maximum Gasteiger partial charge on any atom is 0.239 e. The van der Waals surface area contributed by atoms with Crippen LogP contribution >= 0.6 is 24.8 Å². The molecule has 132 valence electrons. The molecular weight excluding hydrogens is 321 g/mol. The van der Waals surface area contributed by atoms with Gasteiger partial charge in [0.1, 0.15) is 0 Å². The first-order chi connectivity index (χ1) is 9.46. The van der Waals surface area contributed by atoms with Gasteiger partial charge in [0, 0.05) is 26.2 Å². The van der Waals surface area contributed by atoms with Crippen LogP contribution < -0.4 is 5.32 Å². The van der Waals surface area contributed by atoms with E-state index in [9.17, 15) is 4.79 Å². The molecule has 0 radical (unpaired) electrons. The highest BCUT2D eigenvalue weighted by Gasteiger charge is 2.28. The number of carbonyl (C=O) groups excluding carboxylic acids is 1. The second-order valence-electron chi connectivity index (χ2n) is 7.48. The van der Waals surface area contributed by atoms with E-state index < -0.39 is 0 Å². The molecule has 1 unspecified atom stereocenters. The molecule has 1 amide bonds. The third-order valence-corrected chi connectivity index (χ3v) is 4.47. The zero-order valence-electron chi connectivity index (χ0n) is 14.3. The largest absolute Gasteiger partial charge is 0.339 e. The number of piperidine rings is 1. The lowest BCUT2D eigenvalue weighted by atomic mass is 9.92. The maximum absolute atomic E-state index is 12.4. The van der Waals surface area contributed by atoms with Crippen molar-refractivity contribution in [2.24, 2.45) is 5.41 Å². The molecule has 0 aliphatic carbocycles. The van der Waals surface area contributed by atoms with E-state index in [1.54, 1.807) is 0 Å². The van der Waals surface area contributed by atoms with Crippen molar-refractivity contribution in [3.8, 4) is 0 Å². The minimum atomic E-state index is 0. The summed E-state index contributed by atoms with van der Waals surface area (Å²) < 4.78 is 0. The van der Waals surface area contributed by atoms with E-state index in [2.05, 4.69) is 35.9 Å². The lowest BCUT2D eigenvalue weighted by Crippen LogP contribution is -2.55. The molecule has 0 aromatic carbocycles. The summed E-state index contributed by atoms with van der Waals surface area (Å²) in [5.74, 6) is 0.333. The maximum atomic E-state index is 12.4. The van der Waals surface area contributed by atoms with E-state index in [0.29, 0.717) is 11.3 Å². The van der Waals surface area contributed by atoms with Crippen molar-refractivity contribution >= 4 is 30.7 Å². The third-order valence-electron chi connectivity index (χ3n) is 4.47. The summed E-state index contributed by atoms with van der Waals surface area (Å²) >= 11 is 0. The molecule has 0 aromatic heterocycles. The van der Waals surface area contributed by atoms with Crippen molar-refractivity contribution in [3.63, 3.8) is 0 Å². The highest BCUT2D eigenvalue weighted by atomic mass is 35.5. The zero-order chi connectivity index (χ0) is 14.6. The molecule has 0 saturated carbocycles. The van der Waals surface area contributed by atoms with Crippen LogP contribution in [0.25, 0.3) is 0 Å². The average molecular weight is 354 g/mol. The van der Waals surface area contributed by atoms with E-state index in [0.717, 1.165) is 45.7 Å². The van der Waals surface area contributed by atoms with Crippen molar-refractivity contribution in [1.82, 2.24) is 15.1 Å². The van der Waals surface area contributed by atoms with Crippen molar-refractivity contribution < 1.29 is 4.79 Å². The summed E-state index contributed by atoms with van der Waals surface area (Å²) in [5.41, 5.74) is 0.402. The third kappa shape index (κ3) is 7.03.